The van der Waals surface area contributed by atoms with Crippen molar-refractivity contribution in [2.45, 2.75) is 38.3 Å². The van der Waals surface area contributed by atoms with E-state index in [1.165, 1.54) is 4.90 Å². The molecule has 0 aromatic heterocycles. The number of carbonyl (C=O) groups excluding carboxylic acids is 3. The molecular formula is C24H21Cl2N3O3. The second-order valence-electron chi connectivity index (χ2n) is 9.21. The first kappa shape index (κ1) is 20.2. The molecule has 4 aliphatic rings. The van der Waals surface area contributed by atoms with Crippen molar-refractivity contribution in [2.75, 3.05) is 16.8 Å². The van der Waals surface area contributed by atoms with Gasteiger partial charge in [-0.05, 0) is 68.6 Å². The van der Waals surface area contributed by atoms with Gasteiger partial charge in [0.1, 0.15) is 5.54 Å². The first-order valence-corrected chi connectivity index (χ1v) is 11.5. The normalized spacial score (nSPS) is 30.8. The smallest absolute Gasteiger partial charge is 0.250 e. The van der Waals surface area contributed by atoms with Crippen molar-refractivity contribution in [2.24, 2.45) is 11.8 Å². The standard InChI is InChI=1S/C24H21Cl2N3O3/c1-11-5-6-13(25)10-17(11)29-21(30)18-16-4-3-7-28(16)24(19(18)22(29)31)15-9-14(26)8-12(2)20(15)27-23(24)32/h5-6,8-10,16,18-19H,3-4,7H2,1-2H3,(H,27,32)/t16-,18+,19-,24+/m0/s1. The lowest BCUT2D eigenvalue weighted by atomic mass is 9.75. The zero-order valence-electron chi connectivity index (χ0n) is 17.6. The van der Waals surface area contributed by atoms with E-state index in [1.54, 1.807) is 30.3 Å². The number of fused-ring (bicyclic) bond motifs is 7. The van der Waals surface area contributed by atoms with Crippen LogP contribution in [-0.2, 0) is 19.9 Å². The summed E-state index contributed by atoms with van der Waals surface area (Å²) in [7, 11) is 0. The van der Waals surface area contributed by atoms with Gasteiger partial charge in [0.05, 0.1) is 17.5 Å². The Bertz CT molecular complexity index is 1250. The van der Waals surface area contributed by atoms with Crippen molar-refractivity contribution >= 4 is 52.3 Å². The Labute approximate surface area is 195 Å². The zero-order valence-corrected chi connectivity index (χ0v) is 19.1. The van der Waals surface area contributed by atoms with Gasteiger partial charge < -0.3 is 5.32 Å². The van der Waals surface area contributed by atoms with Gasteiger partial charge in [0.25, 0.3) is 0 Å². The Morgan fingerprint density at radius 1 is 1.00 bits per heavy atom. The van der Waals surface area contributed by atoms with Gasteiger partial charge in [-0.3, -0.25) is 19.3 Å². The minimum Gasteiger partial charge on any atom is -0.324 e. The number of aryl methyl sites for hydroxylation is 2. The first-order valence-electron chi connectivity index (χ1n) is 10.8. The Morgan fingerprint density at radius 3 is 2.56 bits per heavy atom. The highest BCUT2D eigenvalue weighted by atomic mass is 35.5. The van der Waals surface area contributed by atoms with Crippen LogP contribution in [-0.4, -0.2) is 35.2 Å². The molecule has 4 heterocycles. The summed E-state index contributed by atoms with van der Waals surface area (Å²) in [5.74, 6) is -2.24. The van der Waals surface area contributed by atoms with E-state index in [0.29, 0.717) is 33.5 Å². The molecule has 0 unspecified atom stereocenters. The Morgan fingerprint density at radius 2 is 1.78 bits per heavy atom. The maximum atomic E-state index is 14.0. The average Bonchev–Trinajstić information content (AvgIpc) is 3.43. The Kier molecular flexibility index (Phi) is 4.15. The van der Waals surface area contributed by atoms with Crippen molar-refractivity contribution in [1.29, 1.82) is 0 Å². The summed E-state index contributed by atoms with van der Waals surface area (Å²) in [6.07, 6.45) is 1.64. The molecule has 164 valence electrons. The number of hydrogen-bond donors (Lipinski definition) is 1. The summed E-state index contributed by atoms with van der Waals surface area (Å²) in [5, 5.41) is 3.98. The molecule has 6 rings (SSSR count). The molecule has 4 aliphatic heterocycles. The lowest BCUT2D eigenvalue weighted by Gasteiger charge is -2.37. The number of benzene rings is 2. The van der Waals surface area contributed by atoms with Gasteiger partial charge in [-0.15, -0.1) is 0 Å². The fraction of sp³-hybridized carbons (Fsp3) is 0.375. The maximum Gasteiger partial charge on any atom is 0.250 e. The number of rotatable bonds is 1. The fourth-order valence-electron chi connectivity index (χ4n) is 6.50. The summed E-state index contributed by atoms with van der Waals surface area (Å²) in [6, 6.07) is 8.59. The molecule has 8 heteroatoms. The third-order valence-electron chi connectivity index (χ3n) is 7.68. The number of anilines is 2. The minimum absolute atomic E-state index is 0.170. The van der Waals surface area contributed by atoms with Gasteiger partial charge in [-0.25, -0.2) is 4.90 Å². The summed E-state index contributed by atoms with van der Waals surface area (Å²) in [4.78, 5) is 44.9. The van der Waals surface area contributed by atoms with Crippen LogP contribution in [0.4, 0.5) is 11.4 Å². The lowest BCUT2D eigenvalue weighted by Crippen LogP contribution is -2.54. The van der Waals surface area contributed by atoms with Gasteiger partial charge in [0, 0.05) is 27.3 Å². The first-order chi connectivity index (χ1) is 15.3. The van der Waals surface area contributed by atoms with Crippen molar-refractivity contribution in [3.05, 3.63) is 57.1 Å². The van der Waals surface area contributed by atoms with Crippen LogP contribution in [0.3, 0.4) is 0 Å². The lowest BCUT2D eigenvalue weighted by molar-refractivity contribution is -0.135. The van der Waals surface area contributed by atoms with E-state index in [-0.39, 0.29) is 23.8 Å². The third-order valence-corrected chi connectivity index (χ3v) is 8.13. The van der Waals surface area contributed by atoms with Gasteiger partial charge in [-0.1, -0.05) is 29.3 Å². The van der Waals surface area contributed by atoms with Crippen LogP contribution < -0.4 is 10.2 Å². The summed E-state index contributed by atoms with van der Waals surface area (Å²) in [6.45, 7) is 4.40. The van der Waals surface area contributed by atoms with Crippen molar-refractivity contribution < 1.29 is 14.4 Å². The van der Waals surface area contributed by atoms with E-state index in [4.69, 9.17) is 23.2 Å². The molecule has 0 saturated carbocycles. The van der Waals surface area contributed by atoms with E-state index >= 15 is 0 Å². The molecule has 2 aromatic carbocycles. The highest BCUT2D eigenvalue weighted by Gasteiger charge is 2.74. The zero-order chi connectivity index (χ0) is 22.5. The van der Waals surface area contributed by atoms with Crippen molar-refractivity contribution in [3.63, 3.8) is 0 Å². The predicted octanol–water partition coefficient (Wildman–Crippen LogP) is 4.04. The molecule has 1 N–H and O–H groups in total. The summed E-state index contributed by atoms with van der Waals surface area (Å²) in [5.41, 5.74) is 2.29. The minimum atomic E-state index is -1.23. The molecule has 32 heavy (non-hydrogen) atoms. The number of imide groups is 1. The second-order valence-corrected chi connectivity index (χ2v) is 10.1. The number of nitrogens with one attached hydrogen (secondary N) is 1. The van der Waals surface area contributed by atoms with Crippen LogP contribution in [0.5, 0.6) is 0 Å². The third kappa shape index (κ3) is 2.28. The molecule has 3 amide bonds. The van der Waals surface area contributed by atoms with E-state index in [2.05, 4.69) is 10.2 Å². The van der Waals surface area contributed by atoms with E-state index in [0.717, 1.165) is 24.0 Å². The van der Waals surface area contributed by atoms with Gasteiger partial charge in [-0.2, -0.15) is 0 Å². The Balaban J connectivity index is 1.59. The molecule has 3 fully saturated rings. The van der Waals surface area contributed by atoms with Crippen LogP contribution in [0.15, 0.2) is 30.3 Å². The molecular weight excluding hydrogens is 449 g/mol. The number of halogens is 2. The molecule has 0 aliphatic carbocycles. The van der Waals surface area contributed by atoms with E-state index in [1.807, 2.05) is 13.8 Å². The molecule has 4 atom stereocenters. The average molecular weight is 470 g/mol. The van der Waals surface area contributed by atoms with Crippen LogP contribution in [0, 0.1) is 25.7 Å². The van der Waals surface area contributed by atoms with Crippen LogP contribution >= 0.6 is 23.2 Å². The number of amides is 3. The highest BCUT2D eigenvalue weighted by Crippen LogP contribution is 2.61. The van der Waals surface area contributed by atoms with Crippen molar-refractivity contribution in [1.82, 2.24) is 4.90 Å². The topological polar surface area (TPSA) is 69.7 Å². The number of nitrogens with zero attached hydrogens (tertiary/aromatic N) is 2. The molecule has 3 saturated heterocycles. The van der Waals surface area contributed by atoms with E-state index in [9.17, 15) is 14.4 Å². The summed E-state index contributed by atoms with van der Waals surface area (Å²) >= 11 is 12.6. The fourth-order valence-corrected chi connectivity index (χ4v) is 6.94. The van der Waals surface area contributed by atoms with Gasteiger partial charge >= 0.3 is 0 Å². The van der Waals surface area contributed by atoms with E-state index < -0.39 is 17.4 Å². The number of hydrogen-bond acceptors (Lipinski definition) is 4. The molecule has 2 aromatic rings. The van der Waals surface area contributed by atoms with Crippen LogP contribution in [0.1, 0.15) is 29.5 Å². The molecule has 0 bridgehead atoms. The van der Waals surface area contributed by atoms with Crippen LogP contribution in [0.25, 0.3) is 0 Å². The monoisotopic (exact) mass is 469 g/mol. The largest absolute Gasteiger partial charge is 0.324 e. The molecule has 0 radical (unpaired) electrons. The quantitative estimate of drug-likeness (QED) is 0.639. The van der Waals surface area contributed by atoms with Gasteiger partial charge in [0.2, 0.25) is 17.7 Å². The maximum absolute atomic E-state index is 14.0. The number of carbonyl (C=O) groups is 3. The van der Waals surface area contributed by atoms with Crippen molar-refractivity contribution in [3.8, 4) is 0 Å². The molecule has 6 nitrogen and oxygen atoms in total. The predicted molar refractivity (Wildman–Crippen MR) is 122 cm³/mol. The van der Waals surface area contributed by atoms with Crippen LogP contribution in [0.2, 0.25) is 10.0 Å². The summed E-state index contributed by atoms with van der Waals surface area (Å²) < 4.78 is 0. The Hall–Kier alpha value is -2.41. The molecule has 1 spiro atoms. The second kappa shape index (κ2) is 6.56. The highest BCUT2D eigenvalue weighted by molar-refractivity contribution is 6.32. The van der Waals surface area contributed by atoms with Gasteiger partial charge in [0.15, 0.2) is 0 Å². The SMILES string of the molecule is Cc1ccc(Cl)cc1N1C(=O)[C@H]2[C@@H](C1=O)[C@]1(C(=O)Nc3c(C)cc(Cl)cc31)N1CCC[C@@H]21.